The lowest BCUT2D eigenvalue weighted by Gasteiger charge is -2.13. The van der Waals surface area contributed by atoms with Gasteiger partial charge in [-0.05, 0) is 35.9 Å². The third kappa shape index (κ3) is 5.34. The normalized spacial score (nSPS) is 10.5. The number of aromatic nitrogens is 4. The summed E-state index contributed by atoms with van der Waals surface area (Å²) < 4.78 is 21.8. The zero-order chi connectivity index (χ0) is 23.4. The predicted molar refractivity (Wildman–Crippen MR) is 124 cm³/mol. The number of hydrogen-bond acceptors (Lipinski definition) is 6. The summed E-state index contributed by atoms with van der Waals surface area (Å²) in [6.07, 6.45) is 6.07. The second kappa shape index (κ2) is 9.49. The number of nitrogens with zero attached hydrogens (tertiary/aromatic N) is 4. The Balaban J connectivity index is 1.71. The van der Waals surface area contributed by atoms with Crippen LogP contribution in [0.3, 0.4) is 0 Å². The molecule has 0 aliphatic heterocycles. The minimum Gasteiger partial charge on any atom is -0.438 e. The fourth-order valence-corrected chi connectivity index (χ4v) is 3.04. The molecular formula is C23H18ClFN6O2. The Morgan fingerprint density at radius 1 is 1.21 bits per heavy atom. The molecule has 0 atom stereocenters. The summed E-state index contributed by atoms with van der Waals surface area (Å²) in [5.41, 5.74) is 2.13. The van der Waals surface area contributed by atoms with Crippen LogP contribution in [-0.2, 0) is 11.8 Å². The van der Waals surface area contributed by atoms with Gasteiger partial charge in [0.25, 0.3) is 0 Å². The van der Waals surface area contributed by atoms with Crippen LogP contribution in [0.5, 0.6) is 11.6 Å². The van der Waals surface area contributed by atoms with Gasteiger partial charge in [0.1, 0.15) is 11.6 Å². The molecule has 166 valence electrons. The summed E-state index contributed by atoms with van der Waals surface area (Å²) in [5, 5.41) is 9.82. The van der Waals surface area contributed by atoms with Crippen molar-refractivity contribution in [2.24, 2.45) is 7.05 Å². The first-order valence-corrected chi connectivity index (χ1v) is 10.1. The van der Waals surface area contributed by atoms with Gasteiger partial charge in [0.15, 0.2) is 0 Å². The van der Waals surface area contributed by atoms with E-state index in [0.29, 0.717) is 28.3 Å². The molecule has 8 nitrogen and oxygen atoms in total. The van der Waals surface area contributed by atoms with Gasteiger partial charge in [0, 0.05) is 31.2 Å². The first kappa shape index (κ1) is 22.0. The highest BCUT2D eigenvalue weighted by atomic mass is 35.5. The van der Waals surface area contributed by atoms with Gasteiger partial charge >= 0.3 is 0 Å². The molecule has 0 bridgehead atoms. The Morgan fingerprint density at radius 3 is 2.79 bits per heavy atom. The molecule has 2 heterocycles. The molecule has 0 fully saturated rings. The van der Waals surface area contributed by atoms with Crippen LogP contribution in [-0.4, -0.2) is 25.7 Å². The van der Waals surface area contributed by atoms with Crippen LogP contribution < -0.4 is 15.4 Å². The second-order valence-electron chi connectivity index (χ2n) is 6.89. The van der Waals surface area contributed by atoms with Gasteiger partial charge in [0.2, 0.25) is 17.7 Å². The monoisotopic (exact) mass is 464 g/mol. The van der Waals surface area contributed by atoms with Crippen LogP contribution in [0.1, 0.15) is 0 Å². The Bertz CT molecular complexity index is 1340. The van der Waals surface area contributed by atoms with E-state index in [9.17, 15) is 9.18 Å². The summed E-state index contributed by atoms with van der Waals surface area (Å²) in [6, 6.07) is 11.1. The molecule has 2 N–H and O–H groups in total. The van der Waals surface area contributed by atoms with E-state index in [2.05, 4.69) is 32.3 Å². The number of benzene rings is 2. The predicted octanol–water partition coefficient (Wildman–Crippen LogP) is 5.33. The van der Waals surface area contributed by atoms with E-state index >= 15 is 0 Å². The zero-order valence-electron chi connectivity index (χ0n) is 17.4. The van der Waals surface area contributed by atoms with E-state index in [4.69, 9.17) is 16.3 Å². The van der Waals surface area contributed by atoms with E-state index in [1.165, 1.54) is 24.4 Å². The molecule has 33 heavy (non-hydrogen) atoms. The number of ether oxygens (including phenoxy) is 1. The van der Waals surface area contributed by atoms with E-state index in [1.807, 2.05) is 0 Å². The van der Waals surface area contributed by atoms with Crippen molar-refractivity contribution < 1.29 is 13.9 Å². The molecule has 2 aromatic heterocycles. The Labute approximate surface area is 193 Å². The van der Waals surface area contributed by atoms with Gasteiger partial charge in [-0.1, -0.05) is 30.3 Å². The summed E-state index contributed by atoms with van der Waals surface area (Å²) in [4.78, 5) is 20.4. The third-order valence-corrected chi connectivity index (χ3v) is 4.75. The molecule has 0 aliphatic rings. The van der Waals surface area contributed by atoms with Gasteiger partial charge in [-0.3, -0.25) is 9.48 Å². The maximum absolute atomic E-state index is 14.1. The van der Waals surface area contributed by atoms with Gasteiger partial charge in [-0.25, -0.2) is 9.37 Å². The van der Waals surface area contributed by atoms with Crippen molar-refractivity contribution >= 4 is 34.8 Å². The number of carbonyl (C=O) groups excluding carboxylic acids is 1. The lowest BCUT2D eigenvalue weighted by molar-refractivity contribution is -0.111. The van der Waals surface area contributed by atoms with Crippen molar-refractivity contribution in [3.05, 3.63) is 84.5 Å². The summed E-state index contributed by atoms with van der Waals surface area (Å²) in [6.45, 7) is 3.44. The molecule has 10 heteroatoms. The molecule has 0 unspecified atom stereocenters. The molecule has 2 aromatic carbocycles. The van der Waals surface area contributed by atoms with Crippen molar-refractivity contribution in [2.75, 3.05) is 10.6 Å². The van der Waals surface area contributed by atoms with E-state index in [1.54, 1.807) is 54.5 Å². The van der Waals surface area contributed by atoms with Crippen LogP contribution in [0.2, 0.25) is 5.02 Å². The van der Waals surface area contributed by atoms with Crippen LogP contribution in [0.4, 0.5) is 21.7 Å². The molecule has 0 aliphatic carbocycles. The van der Waals surface area contributed by atoms with Crippen molar-refractivity contribution in [2.45, 2.75) is 0 Å². The van der Waals surface area contributed by atoms with Crippen LogP contribution >= 0.6 is 11.6 Å². The molecule has 1 amide bonds. The maximum atomic E-state index is 14.1. The highest BCUT2D eigenvalue weighted by molar-refractivity contribution is 6.30. The third-order valence-electron chi connectivity index (χ3n) is 4.45. The highest BCUT2D eigenvalue weighted by Gasteiger charge is 2.15. The van der Waals surface area contributed by atoms with Gasteiger partial charge in [-0.2, -0.15) is 10.1 Å². The van der Waals surface area contributed by atoms with E-state index in [0.717, 1.165) is 0 Å². The second-order valence-corrected chi connectivity index (χ2v) is 7.30. The molecule has 0 spiro atoms. The minimum absolute atomic E-state index is 0.00247. The fraction of sp³-hybridized carbons (Fsp3) is 0.0435. The van der Waals surface area contributed by atoms with Crippen LogP contribution in [0, 0.1) is 5.82 Å². The van der Waals surface area contributed by atoms with Crippen molar-refractivity contribution in [1.82, 2.24) is 19.7 Å². The Morgan fingerprint density at radius 2 is 2.06 bits per heavy atom. The first-order valence-electron chi connectivity index (χ1n) is 9.71. The van der Waals surface area contributed by atoms with Crippen molar-refractivity contribution in [1.29, 1.82) is 0 Å². The van der Waals surface area contributed by atoms with Gasteiger partial charge < -0.3 is 15.4 Å². The summed E-state index contributed by atoms with van der Waals surface area (Å²) in [5.74, 6) is -0.0996. The number of anilines is 3. The molecule has 0 radical (unpaired) electrons. The first-order chi connectivity index (χ1) is 15.9. The maximum Gasteiger partial charge on any atom is 0.247 e. The Kier molecular flexibility index (Phi) is 6.32. The van der Waals surface area contributed by atoms with Gasteiger partial charge in [0.05, 0.1) is 22.5 Å². The summed E-state index contributed by atoms with van der Waals surface area (Å²) >= 11 is 5.83. The SMILES string of the molecule is C=CC(=O)Nc1cccc(Oc2nc(Nc3cnn(C)c3)ncc2-c2ccc(Cl)c(F)c2)c1. The molecule has 0 saturated heterocycles. The standard InChI is InChI=1S/C23H18ClFN6O2/c1-3-21(32)28-15-5-4-6-17(10-15)33-22-18(14-7-8-19(24)20(25)9-14)12-26-23(30-22)29-16-11-27-31(2)13-16/h3-13H,1H2,2H3,(H,28,32)(H,26,29,30). The zero-order valence-corrected chi connectivity index (χ0v) is 18.2. The average Bonchev–Trinajstić information content (AvgIpc) is 3.20. The largest absolute Gasteiger partial charge is 0.438 e. The average molecular weight is 465 g/mol. The summed E-state index contributed by atoms with van der Waals surface area (Å²) in [7, 11) is 1.79. The van der Waals surface area contributed by atoms with Crippen LogP contribution in [0.25, 0.3) is 11.1 Å². The number of nitrogens with one attached hydrogen (secondary N) is 2. The lowest BCUT2D eigenvalue weighted by Crippen LogP contribution is -2.07. The number of hydrogen-bond donors (Lipinski definition) is 2. The number of halogens is 2. The molecular weight excluding hydrogens is 447 g/mol. The van der Waals surface area contributed by atoms with Crippen molar-refractivity contribution in [3.63, 3.8) is 0 Å². The quantitative estimate of drug-likeness (QED) is 0.359. The number of rotatable bonds is 7. The lowest BCUT2D eigenvalue weighted by atomic mass is 10.1. The van der Waals surface area contributed by atoms with E-state index < -0.39 is 5.82 Å². The number of aryl methyl sites for hydroxylation is 1. The molecule has 4 aromatic rings. The number of carbonyl (C=O) groups is 1. The van der Waals surface area contributed by atoms with Crippen LogP contribution in [0.15, 0.2) is 73.7 Å². The molecule has 0 saturated carbocycles. The number of amides is 1. The fourth-order valence-electron chi connectivity index (χ4n) is 2.92. The van der Waals surface area contributed by atoms with Gasteiger partial charge in [-0.15, -0.1) is 0 Å². The molecule has 4 rings (SSSR count). The smallest absolute Gasteiger partial charge is 0.247 e. The minimum atomic E-state index is -0.577. The van der Waals surface area contributed by atoms with E-state index in [-0.39, 0.29) is 22.8 Å². The highest BCUT2D eigenvalue weighted by Crippen LogP contribution is 2.34. The topological polar surface area (TPSA) is 94.0 Å². The van der Waals surface area contributed by atoms with Crippen molar-refractivity contribution in [3.8, 4) is 22.8 Å². The Hall–Kier alpha value is -4.24.